The SMILES string of the molecule is Cc1ccc(CN(C)C(=O)c2ccc(-c3nnc(-c4ccccc4C)o3)cc2)c(C)c1. The Balaban J connectivity index is 1.49. The second kappa shape index (κ2) is 8.56. The van der Waals surface area contributed by atoms with Crippen LogP contribution in [-0.4, -0.2) is 28.1 Å². The summed E-state index contributed by atoms with van der Waals surface area (Å²) in [6, 6.07) is 21.5. The number of hydrogen-bond acceptors (Lipinski definition) is 4. The van der Waals surface area contributed by atoms with Gasteiger partial charge in [0.2, 0.25) is 11.8 Å². The number of benzene rings is 3. The van der Waals surface area contributed by atoms with Gasteiger partial charge in [0, 0.05) is 30.3 Å². The van der Waals surface area contributed by atoms with E-state index in [0.717, 1.165) is 22.3 Å². The molecule has 5 heteroatoms. The highest BCUT2D eigenvalue weighted by Gasteiger charge is 2.15. The van der Waals surface area contributed by atoms with Crippen molar-refractivity contribution in [2.24, 2.45) is 0 Å². The van der Waals surface area contributed by atoms with E-state index >= 15 is 0 Å². The van der Waals surface area contributed by atoms with Crippen LogP contribution in [0.1, 0.15) is 32.6 Å². The molecule has 1 amide bonds. The molecule has 3 aromatic carbocycles. The number of aromatic nitrogens is 2. The Morgan fingerprint density at radius 3 is 2.29 bits per heavy atom. The third-order valence-corrected chi connectivity index (χ3v) is 5.43. The van der Waals surface area contributed by atoms with Gasteiger partial charge < -0.3 is 9.32 Å². The zero-order chi connectivity index (χ0) is 22.0. The molecule has 5 nitrogen and oxygen atoms in total. The van der Waals surface area contributed by atoms with E-state index in [1.54, 1.807) is 17.0 Å². The van der Waals surface area contributed by atoms with Crippen LogP contribution in [0, 0.1) is 20.8 Å². The van der Waals surface area contributed by atoms with Crippen LogP contribution in [0.25, 0.3) is 22.9 Å². The van der Waals surface area contributed by atoms with Crippen molar-refractivity contribution in [3.05, 3.63) is 94.5 Å². The highest BCUT2D eigenvalue weighted by molar-refractivity contribution is 5.94. The standard InChI is InChI=1S/C26H25N3O2/c1-17-9-10-22(19(3)15-17)16-29(4)26(30)21-13-11-20(12-14-21)24-27-28-25(31-24)23-8-6-5-7-18(23)2/h5-15H,16H2,1-4H3. The van der Waals surface area contributed by atoms with Crippen molar-refractivity contribution in [3.8, 4) is 22.9 Å². The summed E-state index contributed by atoms with van der Waals surface area (Å²) < 4.78 is 5.87. The first-order chi connectivity index (χ1) is 14.9. The monoisotopic (exact) mass is 411 g/mol. The molecule has 0 aliphatic rings. The van der Waals surface area contributed by atoms with Gasteiger partial charge in [-0.15, -0.1) is 10.2 Å². The minimum Gasteiger partial charge on any atom is -0.416 e. The lowest BCUT2D eigenvalue weighted by Crippen LogP contribution is -2.26. The van der Waals surface area contributed by atoms with Crippen LogP contribution in [0.4, 0.5) is 0 Å². The second-order valence-corrected chi connectivity index (χ2v) is 7.90. The van der Waals surface area contributed by atoms with Gasteiger partial charge in [-0.2, -0.15) is 0 Å². The van der Waals surface area contributed by atoms with Crippen LogP contribution in [0.5, 0.6) is 0 Å². The summed E-state index contributed by atoms with van der Waals surface area (Å²) in [4.78, 5) is 14.6. The summed E-state index contributed by atoms with van der Waals surface area (Å²) in [6.45, 7) is 6.72. The van der Waals surface area contributed by atoms with Gasteiger partial charge in [-0.25, -0.2) is 0 Å². The van der Waals surface area contributed by atoms with Crippen LogP contribution in [0.15, 0.2) is 71.1 Å². The molecule has 0 atom stereocenters. The average molecular weight is 412 g/mol. The Hall–Kier alpha value is -3.73. The normalized spacial score (nSPS) is 10.8. The van der Waals surface area contributed by atoms with Gasteiger partial charge in [0.1, 0.15) is 0 Å². The predicted molar refractivity (Wildman–Crippen MR) is 122 cm³/mol. The van der Waals surface area contributed by atoms with Crippen molar-refractivity contribution < 1.29 is 9.21 Å². The maximum absolute atomic E-state index is 12.9. The quantitative estimate of drug-likeness (QED) is 0.429. The van der Waals surface area contributed by atoms with Gasteiger partial charge in [0.15, 0.2) is 0 Å². The molecule has 31 heavy (non-hydrogen) atoms. The van der Waals surface area contributed by atoms with Crippen LogP contribution in [0.3, 0.4) is 0 Å². The van der Waals surface area contributed by atoms with E-state index in [1.807, 2.05) is 50.4 Å². The van der Waals surface area contributed by atoms with Crippen molar-refractivity contribution in [1.29, 1.82) is 0 Å². The molecule has 0 unspecified atom stereocenters. The van der Waals surface area contributed by atoms with E-state index in [9.17, 15) is 4.79 Å². The van der Waals surface area contributed by atoms with E-state index < -0.39 is 0 Å². The Kier molecular flexibility index (Phi) is 5.67. The topological polar surface area (TPSA) is 59.2 Å². The minimum atomic E-state index is -0.0300. The molecule has 1 aromatic heterocycles. The van der Waals surface area contributed by atoms with Gasteiger partial charge in [0.05, 0.1) is 0 Å². The van der Waals surface area contributed by atoms with Gasteiger partial charge in [0.25, 0.3) is 5.91 Å². The maximum Gasteiger partial charge on any atom is 0.253 e. The smallest absolute Gasteiger partial charge is 0.253 e. The van der Waals surface area contributed by atoms with Crippen molar-refractivity contribution in [3.63, 3.8) is 0 Å². The summed E-state index contributed by atoms with van der Waals surface area (Å²) >= 11 is 0. The number of amides is 1. The lowest BCUT2D eigenvalue weighted by Gasteiger charge is -2.19. The number of rotatable bonds is 5. The maximum atomic E-state index is 12.9. The zero-order valence-corrected chi connectivity index (χ0v) is 18.2. The number of carbonyl (C=O) groups excluding carboxylic acids is 1. The fraction of sp³-hybridized carbons (Fsp3) is 0.192. The van der Waals surface area contributed by atoms with E-state index in [-0.39, 0.29) is 5.91 Å². The fourth-order valence-electron chi connectivity index (χ4n) is 3.59. The highest BCUT2D eigenvalue weighted by Crippen LogP contribution is 2.26. The number of carbonyl (C=O) groups is 1. The lowest BCUT2D eigenvalue weighted by molar-refractivity contribution is 0.0785. The van der Waals surface area contributed by atoms with Crippen molar-refractivity contribution in [1.82, 2.24) is 15.1 Å². The Morgan fingerprint density at radius 2 is 1.58 bits per heavy atom. The molecule has 0 aliphatic heterocycles. The number of nitrogens with zero attached hydrogens (tertiary/aromatic N) is 3. The Morgan fingerprint density at radius 1 is 0.871 bits per heavy atom. The molecule has 0 saturated carbocycles. The van der Waals surface area contributed by atoms with Crippen LogP contribution in [0.2, 0.25) is 0 Å². The molecular formula is C26H25N3O2. The Labute approximate surface area is 182 Å². The van der Waals surface area contributed by atoms with E-state index in [1.165, 1.54) is 11.1 Å². The molecule has 0 bridgehead atoms. The summed E-state index contributed by atoms with van der Waals surface area (Å²) in [5.41, 5.74) is 6.95. The van der Waals surface area contributed by atoms with Gasteiger partial charge in [-0.3, -0.25) is 4.79 Å². The summed E-state index contributed by atoms with van der Waals surface area (Å²) in [5.74, 6) is 0.889. The van der Waals surface area contributed by atoms with E-state index in [0.29, 0.717) is 23.9 Å². The summed E-state index contributed by atoms with van der Waals surface area (Å²) in [5, 5.41) is 8.35. The largest absolute Gasteiger partial charge is 0.416 e. The predicted octanol–water partition coefficient (Wildman–Crippen LogP) is 5.60. The van der Waals surface area contributed by atoms with Crippen LogP contribution < -0.4 is 0 Å². The third kappa shape index (κ3) is 4.40. The molecule has 4 aromatic rings. The van der Waals surface area contributed by atoms with Gasteiger partial charge in [-0.05, 0) is 67.8 Å². The molecule has 1 heterocycles. The molecule has 156 valence electrons. The third-order valence-electron chi connectivity index (χ3n) is 5.43. The van der Waals surface area contributed by atoms with E-state index in [4.69, 9.17) is 4.42 Å². The summed E-state index contributed by atoms with van der Waals surface area (Å²) in [7, 11) is 1.82. The number of aryl methyl sites for hydroxylation is 3. The van der Waals surface area contributed by atoms with Crippen LogP contribution in [-0.2, 0) is 6.54 Å². The molecule has 0 aliphatic carbocycles. The molecule has 0 spiro atoms. The molecule has 0 fully saturated rings. The first kappa shape index (κ1) is 20.5. The molecule has 0 saturated heterocycles. The Bertz CT molecular complexity index is 1230. The molecule has 0 N–H and O–H groups in total. The second-order valence-electron chi connectivity index (χ2n) is 7.90. The summed E-state index contributed by atoms with van der Waals surface area (Å²) in [6.07, 6.45) is 0. The van der Waals surface area contributed by atoms with Crippen LogP contribution >= 0.6 is 0 Å². The molecule has 4 rings (SSSR count). The average Bonchev–Trinajstić information content (AvgIpc) is 3.25. The first-order valence-electron chi connectivity index (χ1n) is 10.2. The van der Waals surface area contributed by atoms with Crippen molar-refractivity contribution in [2.45, 2.75) is 27.3 Å². The van der Waals surface area contributed by atoms with Crippen molar-refractivity contribution in [2.75, 3.05) is 7.05 Å². The van der Waals surface area contributed by atoms with E-state index in [2.05, 4.69) is 42.2 Å². The van der Waals surface area contributed by atoms with Gasteiger partial charge in [-0.1, -0.05) is 42.0 Å². The van der Waals surface area contributed by atoms with Gasteiger partial charge >= 0.3 is 0 Å². The highest BCUT2D eigenvalue weighted by atomic mass is 16.4. The molecular weight excluding hydrogens is 386 g/mol. The lowest BCUT2D eigenvalue weighted by atomic mass is 10.0. The fourth-order valence-corrected chi connectivity index (χ4v) is 3.59. The first-order valence-corrected chi connectivity index (χ1v) is 10.2. The van der Waals surface area contributed by atoms with Crippen molar-refractivity contribution >= 4 is 5.91 Å². The minimum absolute atomic E-state index is 0.0300. The molecule has 0 radical (unpaired) electrons. The zero-order valence-electron chi connectivity index (χ0n) is 18.2. The number of hydrogen-bond donors (Lipinski definition) is 0.